The van der Waals surface area contributed by atoms with E-state index in [1.807, 2.05) is 0 Å². The Morgan fingerprint density at radius 3 is 2.74 bits per heavy atom. The van der Waals surface area contributed by atoms with Gasteiger partial charge in [-0.3, -0.25) is 0 Å². The number of carboxylic acids is 1. The molecule has 2 N–H and O–H groups in total. The number of aromatic nitrogens is 1. The van der Waals surface area contributed by atoms with Gasteiger partial charge in [-0.15, -0.1) is 11.3 Å². The molecule has 7 nitrogen and oxygen atoms in total. The zero-order chi connectivity index (χ0) is 14.2. The van der Waals surface area contributed by atoms with E-state index in [2.05, 4.69) is 25.6 Å². The van der Waals surface area contributed by atoms with Crippen molar-refractivity contribution in [3.8, 4) is 0 Å². The van der Waals surface area contributed by atoms with Crippen LogP contribution >= 0.6 is 27.3 Å². The fourth-order valence-corrected chi connectivity index (χ4v) is 4.55. The molecule has 0 radical (unpaired) electrons. The molecular formula is C9H7BrN2O5S2. The molecule has 0 fully saturated rings. The van der Waals surface area contributed by atoms with E-state index in [4.69, 9.17) is 9.52 Å². The molecule has 102 valence electrons. The molecule has 0 aliphatic rings. The van der Waals surface area contributed by atoms with Gasteiger partial charge in [0.05, 0.1) is 9.48 Å². The quantitative estimate of drug-likeness (QED) is 0.858. The summed E-state index contributed by atoms with van der Waals surface area (Å²) in [5.41, 5.74) is 0.522. The molecule has 0 aromatic carbocycles. The molecule has 2 rings (SSSR count). The highest BCUT2D eigenvalue weighted by Crippen LogP contribution is 2.32. The van der Waals surface area contributed by atoms with Crippen LogP contribution in [0.4, 0.5) is 6.01 Å². The largest absolute Gasteiger partial charge is 0.477 e. The number of anilines is 1. The van der Waals surface area contributed by atoms with Gasteiger partial charge < -0.3 is 9.52 Å². The first-order valence-electron chi connectivity index (χ1n) is 4.77. The van der Waals surface area contributed by atoms with Crippen molar-refractivity contribution >= 4 is 49.3 Å². The minimum absolute atomic E-state index is 0.0872. The summed E-state index contributed by atoms with van der Waals surface area (Å²) < 4.78 is 31.3. The molecule has 2 aromatic rings. The lowest BCUT2D eigenvalue weighted by molar-refractivity contribution is 0.0702. The van der Waals surface area contributed by atoms with E-state index in [0.29, 0.717) is 5.69 Å². The van der Waals surface area contributed by atoms with Gasteiger partial charge in [0, 0.05) is 0 Å². The number of aryl methyl sites for hydroxylation is 1. The minimum atomic E-state index is -3.95. The molecule has 10 heteroatoms. The summed E-state index contributed by atoms with van der Waals surface area (Å²) >= 11 is 3.84. The molecule has 0 saturated heterocycles. The van der Waals surface area contributed by atoms with E-state index in [9.17, 15) is 13.2 Å². The summed E-state index contributed by atoms with van der Waals surface area (Å²) in [5, 5.41) is 8.82. The Labute approximate surface area is 120 Å². The number of halogens is 1. The van der Waals surface area contributed by atoms with Crippen molar-refractivity contribution in [1.82, 2.24) is 4.98 Å². The number of aromatic carboxylic acids is 1. The second-order valence-corrected chi connectivity index (χ2v) is 7.47. The van der Waals surface area contributed by atoms with E-state index >= 15 is 0 Å². The molecule has 0 atom stereocenters. The molecule has 0 unspecified atom stereocenters. The second-order valence-electron chi connectivity index (χ2n) is 3.45. The topological polar surface area (TPSA) is 110 Å². The molecule has 19 heavy (non-hydrogen) atoms. The van der Waals surface area contributed by atoms with Crippen molar-refractivity contribution in [3.63, 3.8) is 0 Å². The van der Waals surface area contributed by atoms with Gasteiger partial charge in [-0.2, -0.15) is 4.98 Å². The van der Waals surface area contributed by atoms with Crippen LogP contribution in [0.1, 0.15) is 15.4 Å². The first-order chi connectivity index (χ1) is 8.79. The Hall–Kier alpha value is -1.39. The molecule has 0 saturated carbocycles. The Kier molecular flexibility index (Phi) is 3.65. The van der Waals surface area contributed by atoms with Crippen molar-refractivity contribution < 1.29 is 22.7 Å². The van der Waals surface area contributed by atoms with Crippen LogP contribution in [0.3, 0.4) is 0 Å². The van der Waals surface area contributed by atoms with Gasteiger partial charge in [0.15, 0.2) is 0 Å². The Morgan fingerprint density at radius 2 is 2.26 bits per heavy atom. The third-order valence-electron chi connectivity index (χ3n) is 2.00. The number of sulfonamides is 1. The van der Waals surface area contributed by atoms with Crippen LogP contribution in [0.15, 0.2) is 25.4 Å². The third kappa shape index (κ3) is 2.96. The number of nitrogens with zero attached hydrogens (tertiary/aromatic N) is 1. The van der Waals surface area contributed by atoms with Crippen molar-refractivity contribution in [2.75, 3.05) is 4.72 Å². The van der Waals surface area contributed by atoms with Gasteiger partial charge in [0.25, 0.3) is 10.0 Å². The zero-order valence-electron chi connectivity index (χ0n) is 9.38. The van der Waals surface area contributed by atoms with Gasteiger partial charge in [-0.05, 0) is 28.9 Å². The molecule has 0 bridgehead atoms. The van der Waals surface area contributed by atoms with Crippen molar-refractivity contribution in [2.45, 2.75) is 11.8 Å². The highest BCUT2D eigenvalue weighted by atomic mass is 79.9. The fraction of sp³-hybridized carbons (Fsp3) is 0.111. The monoisotopic (exact) mass is 366 g/mol. The molecule has 2 heterocycles. The second kappa shape index (κ2) is 4.94. The molecular weight excluding hydrogens is 360 g/mol. The summed E-state index contributed by atoms with van der Waals surface area (Å²) in [7, 11) is -3.95. The molecule has 0 amide bonds. The molecule has 0 aliphatic heterocycles. The fourth-order valence-electron chi connectivity index (χ4n) is 1.21. The smallest absolute Gasteiger partial charge is 0.345 e. The first kappa shape index (κ1) is 14.0. The van der Waals surface area contributed by atoms with Crippen LogP contribution in [-0.4, -0.2) is 24.5 Å². The summed E-state index contributed by atoms with van der Waals surface area (Å²) in [5.74, 6) is -1.20. The third-order valence-corrected chi connectivity index (χ3v) is 5.56. The van der Waals surface area contributed by atoms with Crippen LogP contribution in [0.2, 0.25) is 0 Å². The van der Waals surface area contributed by atoms with E-state index in [0.717, 1.165) is 17.4 Å². The lowest BCUT2D eigenvalue weighted by Gasteiger charge is -2.02. The normalized spacial score (nSPS) is 11.5. The van der Waals surface area contributed by atoms with Gasteiger partial charge in [0.1, 0.15) is 16.0 Å². The molecule has 0 aliphatic carbocycles. The number of carboxylic acid groups (broad SMARTS) is 1. The predicted molar refractivity (Wildman–Crippen MR) is 71.0 cm³/mol. The van der Waals surface area contributed by atoms with E-state index in [-0.39, 0.29) is 19.6 Å². The number of hydrogen-bond acceptors (Lipinski definition) is 6. The zero-order valence-corrected chi connectivity index (χ0v) is 12.6. The van der Waals surface area contributed by atoms with Crippen LogP contribution in [0.5, 0.6) is 0 Å². The lowest BCUT2D eigenvalue weighted by Crippen LogP contribution is -2.13. The molecule has 0 spiro atoms. The van der Waals surface area contributed by atoms with Gasteiger partial charge in [-0.25, -0.2) is 17.9 Å². The lowest BCUT2D eigenvalue weighted by atomic mass is 10.5. The number of nitrogens with one attached hydrogen (secondary N) is 1. The average Bonchev–Trinajstić information content (AvgIpc) is 2.85. The van der Waals surface area contributed by atoms with Crippen LogP contribution in [0.25, 0.3) is 0 Å². The number of rotatable bonds is 4. The Balaban J connectivity index is 2.37. The average molecular weight is 367 g/mol. The Morgan fingerprint density at radius 1 is 1.58 bits per heavy atom. The van der Waals surface area contributed by atoms with Crippen LogP contribution < -0.4 is 4.72 Å². The number of carbonyl (C=O) groups is 1. The first-order valence-corrected chi connectivity index (χ1v) is 7.86. The van der Waals surface area contributed by atoms with Gasteiger partial charge >= 0.3 is 12.0 Å². The predicted octanol–water partition coefficient (Wildman–Crippen LogP) is 2.31. The van der Waals surface area contributed by atoms with E-state index in [1.54, 1.807) is 6.92 Å². The summed E-state index contributed by atoms with van der Waals surface area (Å²) in [4.78, 5) is 14.3. The minimum Gasteiger partial charge on any atom is -0.477 e. The maximum absolute atomic E-state index is 12.0. The standard InChI is InChI=1S/C9H7BrN2O5S2/c1-4-3-17-9(11-4)12-19(15,16)6-2-5(8(13)14)18-7(6)10/h2-3H,1H3,(H,11,12)(H,13,14). The number of hydrogen-bond donors (Lipinski definition) is 2. The maximum Gasteiger partial charge on any atom is 0.345 e. The Bertz CT molecular complexity index is 734. The number of thiophene rings is 1. The van der Waals surface area contributed by atoms with E-state index in [1.165, 1.54) is 6.26 Å². The summed E-state index contributed by atoms with van der Waals surface area (Å²) in [6.45, 7) is 1.64. The molecule has 2 aromatic heterocycles. The van der Waals surface area contributed by atoms with Crippen molar-refractivity contribution in [1.29, 1.82) is 0 Å². The highest BCUT2D eigenvalue weighted by molar-refractivity contribution is 9.11. The number of oxazole rings is 1. The summed E-state index contributed by atoms with van der Waals surface area (Å²) in [6.07, 6.45) is 1.29. The van der Waals surface area contributed by atoms with Crippen molar-refractivity contribution in [3.05, 3.63) is 26.7 Å². The van der Waals surface area contributed by atoms with Gasteiger partial charge in [-0.1, -0.05) is 0 Å². The summed E-state index contributed by atoms with van der Waals surface area (Å²) in [6, 6.07) is 0.891. The van der Waals surface area contributed by atoms with Gasteiger partial charge in [0.2, 0.25) is 0 Å². The SMILES string of the molecule is Cc1coc(NS(=O)(=O)c2cc(C(=O)O)sc2Br)n1. The maximum atomic E-state index is 12.0. The van der Waals surface area contributed by atoms with E-state index < -0.39 is 16.0 Å². The van der Waals surface area contributed by atoms with Crippen LogP contribution in [0, 0.1) is 6.92 Å². The van der Waals surface area contributed by atoms with Crippen molar-refractivity contribution in [2.24, 2.45) is 0 Å². The van der Waals surface area contributed by atoms with Crippen LogP contribution in [-0.2, 0) is 10.0 Å². The highest BCUT2D eigenvalue weighted by Gasteiger charge is 2.24.